The molecule has 0 bridgehead atoms. The van der Waals surface area contributed by atoms with E-state index in [0.717, 1.165) is 53.0 Å². The number of carbonyl (C=O) groups excluding carboxylic acids is 1. The second-order valence-corrected chi connectivity index (χ2v) is 7.04. The van der Waals surface area contributed by atoms with Gasteiger partial charge in [0.15, 0.2) is 0 Å². The molecule has 3 rings (SSSR count). The Labute approximate surface area is 134 Å². The van der Waals surface area contributed by atoms with E-state index in [1.165, 1.54) is 23.5 Å². The lowest BCUT2D eigenvalue weighted by atomic mass is 9.96. The number of benzene rings is 1. The Morgan fingerprint density at radius 3 is 2.82 bits per heavy atom. The van der Waals surface area contributed by atoms with E-state index in [-0.39, 0.29) is 11.7 Å². The van der Waals surface area contributed by atoms with Gasteiger partial charge in [0.25, 0.3) is 5.91 Å². The predicted molar refractivity (Wildman–Crippen MR) is 89.1 cm³/mol. The summed E-state index contributed by atoms with van der Waals surface area (Å²) in [6.45, 7) is 4.56. The zero-order chi connectivity index (χ0) is 15.7. The second-order valence-electron chi connectivity index (χ2n) is 5.99. The Balaban J connectivity index is 1.80. The molecule has 2 aromatic rings. The van der Waals surface area contributed by atoms with Gasteiger partial charge < -0.3 is 10.2 Å². The first-order valence-corrected chi connectivity index (χ1v) is 8.54. The van der Waals surface area contributed by atoms with Crippen LogP contribution in [0.1, 0.15) is 28.1 Å². The molecule has 0 aliphatic carbocycles. The second kappa shape index (κ2) is 6.34. The molecule has 2 heterocycles. The molecule has 1 amide bonds. The van der Waals surface area contributed by atoms with E-state index in [1.807, 2.05) is 18.9 Å². The largest absolute Gasteiger partial charge is 0.338 e. The fraction of sp³-hybridized carbons (Fsp3) is 0.471. The molecule has 1 saturated heterocycles. The van der Waals surface area contributed by atoms with Gasteiger partial charge in [-0.25, -0.2) is 4.39 Å². The first-order chi connectivity index (χ1) is 10.6. The minimum atomic E-state index is -0.250. The standard InChI is InChI=1S/C17H21FN2OS/c1-11-14-9-13(18)3-4-15(14)22-16(11)17(21)20-7-5-12(6-8-20)10-19-2/h3-4,9,12,19H,5-8,10H2,1-2H3. The van der Waals surface area contributed by atoms with Crippen LogP contribution in [0.2, 0.25) is 0 Å². The Morgan fingerprint density at radius 2 is 2.14 bits per heavy atom. The number of nitrogens with one attached hydrogen (secondary N) is 1. The molecule has 0 saturated carbocycles. The van der Waals surface area contributed by atoms with Gasteiger partial charge in [-0.15, -0.1) is 11.3 Å². The fourth-order valence-corrected chi connectivity index (χ4v) is 4.33. The quantitative estimate of drug-likeness (QED) is 0.940. The van der Waals surface area contributed by atoms with Gasteiger partial charge in [0, 0.05) is 17.8 Å². The SMILES string of the molecule is CNCC1CCN(C(=O)c2sc3ccc(F)cc3c2C)CC1. The number of fused-ring (bicyclic) bond motifs is 1. The third-order valence-electron chi connectivity index (χ3n) is 4.49. The Kier molecular flexibility index (Phi) is 4.45. The summed E-state index contributed by atoms with van der Waals surface area (Å²) in [6.07, 6.45) is 2.09. The number of likely N-dealkylation sites (tertiary alicyclic amines) is 1. The molecule has 1 aliphatic rings. The lowest BCUT2D eigenvalue weighted by Gasteiger charge is -2.31. The molecule has 0 unspecified atom stereocenters. The molecule has 1 N–H and O–H groups in total. The van der Waals surface area contributed by atoms with Crippen LogP contribution in [0.5, 0.6) is 0 Å². The van der Waals surface area contributed by atoms with Crippen LogP contribution in [-0.4, -0.2) is 37.5 Å². The molecule has 3 nitrogen and oxygen atoms in total. The number of piperidine rings is 1. The molecule has 118 valence electrons. The number of nitrogens with zero attached hydrogens (tertiary/aromatic N) is 1. The molecular formula is C17H21FN2OS. The summed E-state index contributed by atoms with van der Waals surface area (Å²) < 4.78 is 14.4. The monoisotopic (exact) mass is 320 g/mol. The van der Waals surface area contributed by atoms with Gasteiger partial charge in [0.1, 0.15) is 5.82 Å². The normalized spacial score (nSPS) is 16.4. The summed E-state index contributed by atoms with van der Waals surface area (Å²) >= 11 is 1.48. The minimum Gasteiger partial charge on any atom is -0.338 e. The molecule has 1 aromatic heterocycles. The molecule has 1 aliphatic heterocycles. The topological polar surface area (TPSA) is 32.3 Å². The highest BCUT2D eigenvalue weighted by Crippen LogP contribution is 2.33. The van der Waals surface area contributed by atoms with Crippen molar-refractivity contribution in [1.82, 2.24) is 10.2 Å². The van der Waals surface area contributed by atoms with Gasteiger partial charge in [-0.1, -0.05) is 0 Å². The van der Waals surface area contributed by atoms with E-state index >= 15 is 0 Å². The van der Waals surface area contributed by atoms with Crippen LogP contribution < -0.4 is 5.32 Å². The lowest BCUT2D eigenvalue weighted by Crippen LogP contribution is -2.40. The van der Waals surface area contributed by atoms with Crippen molar-refractivity contribution in [2.45, 2.75) is 19.8 Å². The lowest BCUT2D eigenvalue weighted by molar-refractivity contribution is 0.0695. The summed E-state index contributed by atoms with van der Waals surface area (Å²) in [6, 6.07) is 4.74. The van der Waals surface area contributed by atoms with Gasteiger partial charge in [-0.2, -0.15) is 0 Å². The van der Waals surface area contributed by atoms with E-state index in [2.05, 4.69) is 5.32 Å². The summed E-state index contributed by atoms with van der Waals surface area (Å²) in [5.74, 6) is 0.508. The van der Waals surface area contributed by atoms with Crippen molar-refractivity contribution >= 4 is 27.3 Å². The van der Waals surface area contributed by atoms with E-state index in [1.54, 1.807) is 6.07 Å². The maximum Gasteiger partial charge on any atom is 0.264 e. The average molecular weight is 320 g/mol. The van der Waals surface area contributed by atoms with Crippen molar-refractivity contribution in [3.63, 3.8) is 0 Å². The van der Waals surface area contributed by atoms with Crippen molar-refractivity contribution in [1.29, 1.82) is 0 Å². The van der Waals surface area contributed by atoms with Crippen LogP contribution in [0.25, 0.3) is 10.1 Å². The molecule has 5 heteroatoms. The third kappa shape index (κ3) is 2.88. The van der Waals surface area contributed by atoms with E-state index < -0.39 is 0 Å². The highest BCUT2D eigenvalue weighted by Gasteiger charge is 2.26. The summed E-state index contributed by atoms with van der Waals surface area (Å²) in [5, 5.41) is 4.07. The first-order valence-electron chi connectivity index (χ1n) is 7.72. The average Bonchev–Trinajstić information content (AvgIpc) is 2.84. The highest BCUT2D eigenvalue weighted by molar-refractivity contribution is 7.21. The van der Waals surface area contributed by atoms with Gasteiger partial charge in [-0.3, -0.25) is 4.79 Å². The van der Waals surface area contributed by atoms with Crippen LogP contribution in [0.4, 0.5) is 4.39 Å². The molecule has 0 radical (unpaired) electrons. The van der Waals surface area contributed by atoms with Crippen molar-refractivity contribution in [2.24, 2.45) is 5.92 Å². The predicted octanol–water partition coefficient (Wildman–Crippen LogP) is 3.42. The zero-order valence-electron chi connectivity index (χ0n) is 13.0. The number of hydrogen-bond acceptors (Lipinski definition) is 3. The van der Waals surface area contributed by atoms with Crippen LogP contribution >= 0.6 is 11.3 Å². The van der Waals surface area contributed by atoms with E-state index in [9.17, 15) is 9.18 Å². The fourth-order valence-electron chi connectivity index (χ4n) is 3.17. The number of rotatable bonds is 3. The van der Waals surface area contributed by atoms with Crippen LogP contribution in [-0.2, 0) is 0 Å². The number of aryl methyl sites for hydroxylation is 1. The number of halogens is 1. The number of carbonyl (C=O) groups is 1. The van der Waals surface area contributed by atoms with E-state index in [0.29, 0.717) is 5.92 Å². The summed E-state index contributed by atoms with van der Waals surface area (Å²) in [4.78, 5) is 15.5. The highest BCUT2D eigenvalue weighted by atomic mass is 32.1. The van der Waals surface area contributed by atoms with Crippen LogP contribution in [0.15, 0.2) is 18.2 Å². The Bertz CT molecular complexity index is 689. The number of amides is 1. The van der Waals surface area contributed by atoms with Crippen LogP contribution in [0.3, 0.4) is 0 Å². The van der Waals surface area contributed by atoms with Gasteiger partial charge in [0.05, 0.1) is 4.88 Å². The van der Waals surface area contributed by atoms with Gasteiger partial charge >= 0.3 is 0 Å². The molecule has 1 aromatic carbocycles. The summed E-state index contributed by atoms with van der Waals surface area (Å²) in [7, 11) is 1.97. The Morgan fingerprint density at radius 1 is 1.41 bits per heavy atom. The van der Waals surface area contributed by atoms with E-state index in [4.69, 9.17) is 0 Å². The van der Waals surface area contributed by atoms with Gasteiger partial charge in [0.2, 0.25) is 0 Å². The maximum atomic E-state index is 13.4. The van der Waals surface area contributed by atoms with Gasteiger partial charge in [-0.05, 0) is 68.4 Å². The first kappa shape index (κ1) is 15.4. The molecular weight excluding hydrogens is 299 g/mol. The summed E-state index contributed by atoms with van der Waals surface area (Å²) in [5.41, 5.74) is 0.904. The van der Waals surface area contributed by atoms with Crippen molar-refractivity contribution in [3.05, 3.63) is 34.5 Å². The zero-order valence-corrected chi connectivity index (χ0v) is 13.8. The molecule has 1 fully saturated rings. The van der Waals surface area contributed by atoms with Crippen molar-refractivity contribution in [3.8, 4) is 0 Å². The van der Waals surface area contributed by atoms with Crippen molar-refractivity contribution < 1.29 is 9.18 Å². The number of hydrogen-bond donors (Lipinski definition) is 1. The Hall–Kier alpha value is -1.46. The maximum absolute atomic E-state index is 13.4. The third-order valence-corrected chi connectivity index (χ3v) is 5.75. The molecule has 0 spiro atoms. The molecule has 0 atom stereocenters. The minimum absolute atomic E-state index is 0.0991. The molecule has 22 heavy (non-hydrogen) atoms. The van der Waals surface area contributed by atoms with Crippen LogP contribution in [0, 0.1) is 18.7 Å². The van der Waals surface area contributed by atoms with Crippen molar-refractivity contribution in [2.75, 3.05) is 26.7 Å². The number of thiophene rings is 1. The smallest absolute Gasteiger partial charge is 0.264 e.